The molecule has 24 heavy (non-hydrogen) atoms. The van der Waals surface area contributed by atoms with Gasteiger partial charge in [-0.1, -0.05) is 6.92 Å². The van der Waals surface area contributed by atoms with Crippen molar-refractivity contribution in [1.82, 2.24) is 5.32 Å². The minimum absolute atomic E-state index is 0.105. The fourth-order valence-electron chi connectivity index (χ4n) is 1.82. The van der Waals surface area contributed by atoms with Gasteiger partial charge in [-0.05, 0) is 38.5 Å². The molecule has 0 aliphatic heterocycles. The van der Waals surface area contributed by atoms with Crippen LogP contribution in [0.5, 0.6) is 11.5 Å². The first-order valence-electron chi connectivity index (χ1n) is 7.68. The van der Waals surface area contributed by atoms with Crippen LogP contribution in [-0.4, -0.2) is 44.0 Å². The van der Waals surface area contributed by atoms with Gasteiger partial charge in [0.2, 0.25) is 0 Å². The molecule has 0 bridgehead atoms. The van der Waals surface area contributed by atoms with Crippen molar-refractivity contribution in [2.75, 3.05) is 20.3 Å². The first kappa shape index (κ1) is 19.5. The molecule has 1 rings (SSSR count). The maximum atomic E-state index is 11.8. The first-order valence-corrected chi connectivity index (χ1v) is 7.68. The van der Waals surface area contributed by atoms with Gasteiger partial charge in [0.25, 0.3) is 5.91 Å². The molecule has 0 spiro atoms. The van der Waals surface area contributed by atoms with Crippen LogP contribution in [0.2, 0.25) is 0 Å². The first-order chi connectivity index (χ1) is 11.4. The Morgan fingerprint density at radius 3 is 2.50 bits per heavy atom. The lowest BCUT2D eigenvalue weighted by Gasteiger charge is -2.14. The summed E-state index contributed by atoms with van der Waals surface area (Å²) in [5.74, 6) is -0.488. The predicted octanol–water partition coefficient (Wildman–Crippen LogP) is 1.73. The summed E-state index contributed by atoms with van der Waals surface area (Å²) >= 11 is 0. The Morgan fingerprint density at radius 2 is 1.92 bits per heavy atom. The lowest BCUT2D eigenvalue weighted by molar-refractivity contribution is -0.156. The van der Waals surface area contributed by atoms with Crippen LogP contribution in [0.25, 0.3) is 0 Å². The number of rotatable bonds is 9. The third kappa shape index (κ3) is 5.91. The van der Waals surface area contributed by atoms with Crippen molar-refractivity contribution in [3.63, 3.8) is 0 Å². The minimum atomic E-state index is -0.894. The van der Waals surface area contributed by atoms with Crippen molar-refractivity contribution < 1.29 is 28.6 Å². The number of nitrogens with one attached hydrogen (secondary N) is 1. The van der Waals surface area contributed by atoms with Crippen LogP contribution in [0, 0.1) is 0 Å². The highest BCUT2D eigenvalue weighted by atomic mass is 16.6. The van der Waals surface area contributed by atoms with Gasteiger partial charge < -0.3 is 19.5 Å². The average molecular weight is 337 g/mol. The summed E-state index contributed by atoms with van der Waals surface area (Å²) in [6, 6.07) is 4.65. The van der Waals surface area contributed by atoms with E-state index in [-0.39, 0.29) is 18.3 Å². The smallest absolute Gasteiger partial charge is 0.344 e. The number of hydrogen-bond acceptors (Lipinski definition) is 6. The Labute approximate surface area is 141 Å². The van der Waals surface area contributed by atoms with Crippen LogP contribution < -0.4 is 14.8 Å². The van der Waals surface area contributed by atoms with Gasteiger partial charge in [-0.3, -0.25) is 9.59 Å². The van der Waals surface area contributed by atoms with Gasteiger partial charge in [0.1, 0.15) is 0 Å². The highest BCUT2D eigenvalue weighted by Crippen LogP contribution is 2.28. The van der Waals surface area contributed by atoms with Crippen LogP contribution in [0.1, 0.15) is 37.6 Å². The number of amides is 1. The van der Waals surface area contributed by atoms with Gasteiger partial charge in [-0.15, -0.1) is 0 Å². The highest BCUT2D eigenvalue weighted by molar-refractivity contribution is 5.94. The molecule has 0 fully saturated rings. The van der Waals surface area contributed by atoms with E-state index in [2.05, 4.69) is 5.32 Å². The van der Waals surface area contributed by atoms with Gasteiger partial charge >= 0.3 is 5.97 Å². The zero-order valence-electron chi connectivity index (χ0n) is 14.4. The fraction of sp³-hybridized carbons (Fsp3) is 0.471. The summed E-state index contributed by atoms with van der Waals surface area (Å²) in [6.07, 6.45) is -0.0967. The summed E-state index contributed by atoms with van der Waals surface area (Å²) in [7, 11) is 1.44. The van der Waals surface area contributed by atoms with Gasteiger partial charge in [-0.25, -0.2) is 4.79 Å². The Hall–Kier alpha value is -2.57. The van der Waals surface area contributed by atoms with E-state index in [4.69, 9.17) is 14.2 Å². The molecule has 1 atom stereocenters. The van der Waals surface area contributed by atoms with Crippen LogP contribution in [0.4, 0.5) is 0 Å². The molecule has 0 heterocycles. The molecule has 1 aromatic carbocycles. The van der Waals surface area contributed by atoms with Crippen molar-refractivity contribution in [2.24, 2.45) is 0 Å². The van der Waals surface area contributed by atoms with E-state index in [1.54, 1.807) is 12.1 Å². The molecule has 1 amide bonds. The standard InChI is InChI=1S/C17H23NO6/c1-5-8-18-17(21)12(3)24-16(20)10-23-14-7-6-13(11(2)19)9-15(14)22-4/h6-7,9,12H,5,8,10H2,1-4H3,(H,18,21)/t12-/m1/s1. The van der Waals surface area contributed by atoms with E-state index in [1.165, 1.54) is 27.0 Å². The van der Waals surface area contributed by atoms with E-state index in [9.17, 15) is 14.4 Å². The Kier molecular flexibility index (Phi) is 7.74. The molecule has 7 nitrogen and oxygen atoms in total. The Morgan fingerprint density at radius 1 is 1.21 bits per heavy atom. The molecule has 0 saturated heterocycles. The molecular weight excluding hydrogens is 314 g/mol. The third-order valence-corrected chi connectivity index (χ3v) is 3.14. The molecular formula is C17H23NO6. The SMILES string of the molecule is CCCNC(=O)[C@@H](C)OC(=O)COc1ccc(C(C)=O)cc1OC. The number of Topliss-reactive ketones (excluding diaryl/α,β-unsaturated/α-hetero) is 1. The number of carbonyl (C=O) groups excluding carboxylic acids is 3. The molecule has 0 radical (unpaired) electrons. The molecule has 0 unspecified atom stereocenters. The van der Waals surface area contributed by atoms with Crippen LogP contribution >= 0.6 is 0 Å². The van der Waals surface area contributed by atoms with Gasteiger partial charge in [0.05, 0.1) is 7.11 Å². The quantitative estimate of drug-likeness (QED) is 0.545. The second-order valence-electron chi connectivity index (χ2n) is 5.13. The fourth-order valence-corrected chi connectivity index (χ4v) is 1.82. The van der Waals surface area contributed by atoms with Gasteiger partial charge in [0.15, 0.2) is 30.0 Å². The van der Waals surface area contributed by atoms with Crippen molar-refractivity contribution >= 4 is 17.7 Å². The van der Waals surface area contributed by atoms with Gasteiger partial charge in [0, 0.05) is 12.1 Å². The number of ether oxygens (including phenoxy) is 3. The molecule has 132 valence electrons. The minimum Gasteiger partial charge on any atom is -0.493 e. The van der Waals surface area contributed by atoms with Crippen molar-refractivity contribution in [3.8, 4) is 11.5 Å². The zero-order valence-corrected chi connectivity index (χ0v) is 14.4. The highest BCUT2D eigenvalue weighted by Gasteiger charge is 2.18. The van der Waals surface area contributed by atoms with E-state index >= 15 is 0 Å². The molecule has 1 N–H and O–H groups in total. The third-order valence-electron chi connectivity index (χ3n) is 3.14. The van der Waals surface area contributed by atoms with Crippen LogP contribution in [0.15, 0.2) is 18.2 Å². The van der Waals surface area contributed by atoms with Crippen LogP contribution in [-0.2, 0) is 14.3 Å². The molecule has 7 heteroatoms. The monoisotopic (exact) mass is 337 g/mol. The van der Waals surface area contributed by atoms with Gasteiger partial charge in [-0.2, -0.15) is 0 Å². The number of ketones is 1. The molecule has 0 aromatic heterocycles. The summed E-state index contributed by atoms with van der Waals surface area (Å²) in [5, 5.41) is 2.64. The van der Waals surface area contributed by atoms with Crippen molar-refractivity contribution in [2.45, 2.75) is 33.3 Å². The number of methoxy groups -OCH3 is 1. The van der Waals surface area contributed by atoms with Crippen molar-refractivity contribution in [1.29, 1.82) is 0 Å². The maximum Gasteiger partial charge on any atom is 0.344 e. The maximum absolute atomic E-state index is 11.8. The second-order valence-corrected chi connectivity index (χ2v) is 5.13. The van der Waals surface area contributed by atoms with Crippen LogP contribution in [0.3, 0.4) is 0 Å². The number of carbonyl (C=O) groups is 3. The van der Waals surface area contributed by atoms with E-state index in [0.29, 0.717) is 23.6 Å². The molecule has 1 aromatic rings. The van der Waals surface area contributed by atoms with Crippen molar-refractivity contribution in [3.05, 3.63) is 23.8 Å². The summed E-state index contributed by atoms with van der Waals surface area (Å²) < 4.78 is 15.5. The van der Waals surface area contributed by atoms with E-state index < -0.39 is 12.1 Å². The number of benzene rings is 1. The average Bonchev–Trinajstić information content (AvgIpc) is 2.57. The predicted molar refractivity (Wildman–Crippen MR) is 87.3 cm³/mol. The topological polar surface area (TPSA) is 90.9 Å². The summed E-state index contributed by atoms with van der Waals surface area (Å²) in [6.45, 7) is 5.01. The lowest BCUT2D eigenvalue weighted by Crippen LogP contribution is -2.37. The second kappa shape index (κ2) is 9.54. The van der Waals surface area contributed by atoms with E-state index in [0.717, 1.165) is 6.42 Å². The molecule has 0 saturated carbocycles. The largest absolute Gasteiger partial charge is 0.493 e. The molecule has 0 aliphatic rings. The summed E-state index contributed by atoms with van der Waals surface area (Å²) in [5.41, 5.74) is 0.475. The molecule has 0 aliphatic carbocycles. The number of esters is 1. The Balaban J connectivity index is 2.58. The Bertz CT molecular complexity index is 599. The normalized spacial score (nSPS) is 11.3. The number of hydrogen-bond donors (Lipinski definition) is 1. The zero-order chi connectivity index (χ0) is 18.1. The lowest BCUT2D eigenvalue weighted by atomic mass is 10.1. The van der Waals surface area contributed by atoms with E-state index in [1.807, 2.05) is 6.92 Å². The summed E-state index contributed by atoms with van der Waals surface area (Å²) in [4.78, 5) is 34.7.